The highest BCUT2D eigenvalue weighted by molar-refractivity contribution is 7.71. The van der Waals surface area contributed by atoms with Crippen molar-refractivity contribution < 1.29 is 4.79 Å². The number of aromatic nitrogens is 3. The first-order chi connectivity index (χ1) is 11.7. The molecule has 0 atom stereocenters. The van der Waals surface area contributed by atoms with Gasteiger partial charge in [-0.25, -0.2) is 4.68 Å². The van der Waals surface area contributed by atoms with E-state index in [1.54, 1.807) is 6.33 Å². The highest BCUT2D eigenvalue weighted by Gasteiger charge is 2.25. The molecule has 7 heteroatoms. The van der Waals surface area contributed by atoms with E-state index < -0.39 is 0 Å². The van der Waals surface area contributed by atoms with Gasteiger partial charge in [0.1, 0.15) is 6.33 Å². The fourth-order valence-corrected chi connectivity index (χ4v) is 3.26. The third kappa shape index (κ3) is 3.91. The number of nitrogens with zero attached hydrogens (tertiary/aromatic N) is 4. The topological polar surface area (TPSA) is 55.1 Å². The Bertz CT molecular complexity index is 731. The SMILES string of the molecule is CCn1cnn(CN2CCC(C(=O)Nc3ccccc3)CC2)c1=S. The van der Waals surface area contributed by atoms with E-state index in [9.17, 15) is 4.79 Å². The molecule has 24 heavy (non-hydrogen) atoms. The van der Waals surface area contributed by atoms with Crippen LogP contribution >= 0.6 is 12.2 Å². The number of hydrogen-bond acceptors (Lipinski definition) is 4. The van der Waals surface area contributed by atoms with E-state index in [0.29, 0.717) is 6.67 Å². The summed E-state index contributed by atoms with van der Waals surface area (Å²) in [5.74, 6) is 0.190. The van der Waals surface area contributed by atoms with Crippen LogP contribution < -0.4 is 5.32 Å². The van der Waals surface area contributed by atoms with Crippen LogP contribution in [0.4, 0.5) is 5.69 Å². The van der Waals surface area contributed by atoms with Gasteiger partial charge in [0.25, 0.3) is 0 Å². The zero-order valence-corrected chi connectivity index (χ0v) is 14.7. The van der Waals surface area contributed by atoms with Gasteiger partial charge < -0.3 is 9.88 Å². The lowest BCUT2D eigenvalue weighted by Gasteiger charge is -2.30. The molecule has 0 spiro atoms. The van der Waals surface area contributed by atoms with Gasteiger partial charge >= 0.3 is 0 Å². The molecule has 0 saturated carbocycles. The van der Waals surface area contributed by atoms with Gasteiger partial charge in [-0.1, -0.05) is 18.2 Å². The van der Waals surface area contributed by atoms with E-state index in [4.69, 9.17) is 12.2 Å². The lowest BCUT2D eigenvalue weighted by atomic mass is 9.96. The van der Waals surface area contributed by atoms with Gasteiger partial charge in [0.05, 0.1) is 6.67 Å². The first-order valence-corrected chi connectivity index (χ1v) is 8.78. The van der Waals surface area contributed by atoms with Gasteiger partial charge in [-0.15, -0.1) is 0 Å². The van der Waals surface area contributed by atoms with Crippen LogP contribution in [0.25, 0.3) is 0 Å². The number of likely N-dealkylation sites (tertiary alicyclic amines) is 1. The number of nitrogens with one attached hydrogen (secondary N) is 1. The molecule has 6 nitrogen and oxygen atoms in total. The number of hydrogen-bond donors (Lipinski definition) is 1. The van der Waals surface area contributed by atoms with Crippen molar-refractivity contribution in [2.45, 2.75) is 33.0 Å². The van der Waals surface area contributed by atoms with Crippen molar-refractivity contribution in [1.82, 2.24) is 19.2 Å². The maximum Gasteiger partial charge on any atom is 0.227 e. The number of rotatable bonds is 5. The number of para-hydroxylation sites is 1. The molecule has 1 saturated heterocycles. The minimum atomic E-state index is 0.0719. The second kappa shape index (κ2) is 7.72. The summed E-state index contributed by atoms with van der Waals surface area (Å²) in [5.41, 5.74) is 0.862. The highest BCUT2D eigenvalue weighted by atomic mass is 32.1. The van der Waals surface area contributed by atoms with E-state index in [-0.39, 0.29) is 11.8 Å². The van der Waals surface area contributed by atoms with Crippen LogP contribution in [0.1, 0.15) is 19.8 Å². The Morgan fingerprint density at radius 1 is 1.29 bits per heavy atom. The fourth-order valence-electron chi connectivity index (χ4n) is 2.98. The Kier molecular flexibility index (Phi) is 5.42. The lowest BCUT2D eigenvalue weighted by Crippen LogP contribution is -2.39. The van der Waals surface area contributed by atoms with Gasteiger partial charge in [-0.3, -0.25) is 9.69 Å². The summed E-state index contributed by atoms with van der Waals surface area (Å²) in [4.78, 5) is 14.7. The largest absolute Gasteiger partial charge is 0.326 e. The van der Waals surface area contributed by atoms with E-state index in [2.05, 4.69) is 22.2 Å². The molecule has 1 amide bonds. The molecule has 1 N–H and O–H groups in total. The average Bonchev–Trinajstić information content (AvgIpc) is 2.96. The molecule has 0 aliphatic carbocycles. The first-order valence-electron chi connectivity index (χ1n) is 8.38. The van der Waals surface area contributed by atoms with E-state index in [1.807, 2.05) is 39.6 Å². The molecule has 2 aromatic rings. The lowest BCUT2D eigenvalue weighted by molar-refractivity contribution is -0.121. The third-order valence-corrected chi connectivity index (χ3v) is 4.92. The molecule has 2 heterocycles. The van der Waals surface area contributed by atoms with Crippen LogP contribution in [0.15, 0.2) is 36.7 Å². The summed E-state index contributed by atoms with van der Waals surface area (Å²) in [6.07, 6.45) is 3.50. The summed E-state index contributed by atoms with van der Waals surface area (Å²) < 4.78 is 4.56. The molecule has 1 aromatic heterocycles. The van der Waals surface area contributed by atoms with Gasteiger partial charge in [0.15, 0.2) is 4.77 Å². The van der Waals surface area contributed by atoms with E-state index in [1.165, 1.54) is 0 Å². The first kappa shape index (κ1) is 16.9. The minimum absolute atomic E-state index is 0.0719. The van der Waals surface area contributed by atoms with Crippen molar-refractivity contribution in [2.24, 2.45) is 5.92 Å². The molecule has 3 rings (SSSR count). The molecule has 128 valence electrons. The van der Waals surface area contributed by atoms with Crippen molar-refractivity contribution in [3.8, 4) is 0 Å². The van der Waals surface area contributed by atoms with Crippen molar-refractivity contribution in [3.05, 3.63) is 41.4 Å². The van der Waals surface area contributed by atoms with Gasteiger partial charge in [-0.05, 0) is 44.1 Å². The maximum absolute atomic E-state index is 12.4. The second-order valence-corrected chi connectivity index (χ2v) is 6.45. The Labute approximate surface area is 147 Å². The molecule has 1 fully saturated rings. The Balaban J connectivity index is 1.51. The summed E-state index contributed by atoms with van der Waals surface area (Å²) in [6, 6.07) is 9.63. The molecule has 0 radical (unpaired) electrons. The number of carbonyl (C=O) groups is 1. The molecule has 1 aliphatic heterocycles. The molecular weight excluding hydrogens is 322 g/mol. The number of piperidine rings is 1. The Morgan fingerprint density at radius 2 is 2.00 bits per heavy atom. The fraction of sp³-hybridized carbons (Fsp3) is 0.471. The summed E-state index contributed by atoms with van der Waals surface area (Å²) in [6.45, 7) is 5.35. The average molecular weight is 345 g/mol. The van der Waals surface area contributed by atoms with E-state index >= 15 is 0 Å². The summed E-state index contributed by atoms with van der Waals surface area (Å²) >= 11 is 5.40. The van der Waals surface area contributed by atoms with Gasteiger partial charge in [-0.2, -0.15) is 5.10 Å². The monoisotopic (exact) mass is 345 g/mol. The van der Waals surface area contributed by atoms with Crippen LogP contribution in [0.2, 0.25) is 0 Å². The Morgan fingerprint density at radius 3 is 2.62 bits per heavy atom. The molecule has 1 aromatic carbocycles. The smallest absolute Gasteiger partial charge is 0.227 e. The predicted molar refractivity (Wildman–Crippen MR) is 96.1 cm³/mol. The van der Waals surface area contributed by atoms with Crippen molar-refractivity contribution in [2.75, 3.05) is 18.4 Å². The minimum Gasteiger partial charge on any atom is -0.326 e. The predicted octanol–water partition coefficient (Wildman–Crippen LogP) is 2.74. The summed E-state index contributed by atoms with van der Waals surface area (Å²) in [7, 11) is 0. The van der Waals surface area contributed by atoms with Gasteiger partial charge in [0, 0.05) is 31.2 Å². The van der Waals surface area contributed by atoms with Crippen LogP contribution in [-0.2, 0) is 18.0 Å². The number of benzene rings is 1. The highest BCUT2D eigenvalue weighted by Crippen LogP contribution is 2.20. The normalized spacial score (nSPS) is 16.2. The number of aryl methyl sites for hydroxylation is 1. The Hall–Kier alpha value is -1.99. The number of carbonyl (C=O) groups excluding carboxylic acids is 1. The number of anilines is 1. The second-order valence-electron chi connectivity index (χ2n) is 6.09. The van der Waals surface area contributed by atoms with E-state index in [0.717, 1.165) is 42.9 Å². The van der Waals surface area contributed by atoms with Crippen molar-refractivity contribution in [1.29, 1.82) is 0 Å². The quantitative estimate of drug-likeness (QED) is 0.847. The molecule has 0 unspecified atom stereocenters. The van der Waals surface area contributed by atoms with Crippen molar-refractivity contribution in [3.63, 3.8) is 0 Å². The third-order valence-electron chi connectivity index (χ3n) is 4.47. The van der Waals surface area contributed by atoms with Crippen LogP contribution in [0, 0.1) is 10.7 Å². The van der Waals surface area contributed by atoms with Crippen molar-refractivity contribution >= 4 is 23.8 Å². The van der Waals surface area contributed by atoms with Gasteiger partial charge in [0.2, 0.25) is 5.91 Å². The molecule has 1 aliphatic rings. The zero-order chi connectivity index (χ0) is 16.9. The molecule has 0 bridgehead atoms. The number of amides is 1. The molecular formula is C17H23N5OS. The summed E-state index contributed by atoms with van der Waals surface area (Å²) in [5, 5.41) is 7.35. The standard InChI is InChI=1S/C17H23N5OS/c1-2-21-12-18-22(17(21)24)13-20-10-8-14(9-11-20)16(23)19-15-6-4-3-5-7-15/h3-7,12,14H,2,8-11,13H2,1H3,(H,19,23). The van der Waals surface area contributed by atoms with Crippen LogP contribution in [0.5, 0.6) is 0 Å². The zero-order valence-electron chi connectivity index (χ0n) is 13.9. The van der Waals surface area contributed by atoms with Crippen LogP contribution in [0.3, 0.4) is 0 Å². The van der Waals surface area contributed by atoms with Crippen LogP contribution in [-0.4, -0.2) is 38.2 Å². The maximum atomic E-state index is 12.4.